The van der Waals surface area contributed by atoms with Crippen LogP contribution in [0.15, 0.2) is 18.2 Å². The lowest BCUT2D eigenvalue weighted by Crippen LogP contribution is -1.95. The van der Waals surface area contributed by atoms with Crippen molar-refractivity contribution >= 4 is 11.8 Å². The molecule has 1 aromatic rings. The van der Waals surface area contributed by atoms with Gasteiger partial charge in [0.05, 0.1) is 20.3 Å². The molecule has 0 saturated heterocycles. The Morgan fingerprint density at radius 2 is 2.16 bits per heavy atom. The van der Waals surface area contributed by atoms with Crippen molar-refractivity contribution in [3.05, 3.63) is 29.3 Å². The van der Waals surface area contributed by atoms with E-state index in [0.29, 0.717) is 6.42 Å². The van der Waals surface area contributed by atoms with Crippen LogP contribution in [0.5, 0.6) is 5.75 Å². The Balaban J connectivity index is 2.75. The van der Waals surface area contributed by atoms with Crippen molar-refractivity contribution in [2.24, 2.45) is 0 Å². The Labute approximate surface area is 119 Å². The van der Waals surface area contributed by atoms with Gasteiger partial charge in [0.1, 0.15) is 5.75 Å². The fourth-order valence-electron chi connectivity index (χ4n) is 1.48. The zero-order valence-corrected chi connectivity index (χ0v) is 12.3. The van der Waals surface area contributed by atoms with Crippen molar-refractivity contribution in [2.45, 2.75) is 12.2 Å². The second-order valence-electron chi connectivity index (χ2n) is 3.84. The standard InChI is InChI=1S/C15H20O3S/c1-17-9-10-19-12-14-11-15(18-2)7-6-13(14)5-3-4-8-16/h6-7,11,16H,4,8-10,12H2,1-2H3. The lowest BCUT2D eigenvalue weighted by Gasteiger charge is -2.07. The van der Waals surface area contributed by atoms with Crippen LogP contribution in [0.4, 0.5) is 0 Å². The van der Waals surface area contributed by atoms with Crippen LogP contribution < -0.4 is 4.74 Å². The average Bonchev–Trinajstić information content (AvgIpc) is 2.45. The lowest BCUT2D eigenvalue weighted by molar-refractivity contribution is 0.218. The Bertz CT molecular complexity index is 435. The van der Waals surface area contributed by atoms with E-state index in [2.05, 4.69) is 11.8 Å². The Kier molecular flexibility index (Phi) is 8.15. The van der Waals surface area contributed by atoms with Crippen molar-refractivity contribution in [3.8, 4) is 17.6 Å². The van der Waals surface area contributed by atoms with Gasteiger partial charge in [0.15, 0.2) is 0 Å². The molecule has 1 N–H and O–H groups in total. The van der Waals surface area contributed by atoms with Crippen LogP contribution in [0.2, 0.25) is 0 Å². The molecule has 0 aliphatic rings. The number of aliphatic hydroxyl groups is 1. The summed E-state index contributed by atoms with van der Waals surface area (Å²) in [5.41, 5.74) is 2.16. The third kappa shape index (κ3) is 6.02. The highest BCUT2D eigenvalue weighted by molar-refractivity contribution is 7.98. The van der Waals surface area contributed by atoms with E-state index in [-0.39, 0.29) is 6.61 Å². The number of methoxy groups -OCH3 is 2. The zero-order chi connectivity index (χ0) is 13.9. The average molecular weight is 280 g/mol. The van der Waals surface area contributed by atoms with Crippen LogP contribution in [-0.4, -0.2) is 38.3 Å². The van der Waals surface area contributed by atoms with Crippen LogP contribution in [0, 0.1) is 11.8 Å². The maximum atomic E-state index is 8.76. The minimum absolute atomic E-state index is 0.0983. The van der Waals surface area contributed by atoms with E-state index in [1.54, 1.807) is 26.0 Å². The first-order valence-corrected chi connectivity index (χ1v) is 7.30. The van der Waals surface area contributed by atoms with Gasteiger partial charge in [-0.1, -0.05) is 11.8 Å². The van der Waals surface area contributed by atoms with Crippen LogP contribution in [0.3, 0.4) is 0 Å². The summed E-state index contributed by atoms with van der Waals surface area (Å²) in [6.07, 6.45) is 0.502. The highest BCUT2D eigenvalue weighted by Gasteiger charge is 2.03. The molecule has 0 aromatic heterocycles. The first kappa shape index (κ1) is 15.9. The van der Waals surface area contributed by atoms with Crippen molar-refractivity contribution in [1.29, 1.82) is 0 Å². The largest absolute Gasteiger partial charge is 0.497 e. The van der Waals surface area contributed by atoms with Gasteiger partial charge in [0.25, 0.3) is 0 Å². The Morgan fingerprint density at radius 3 is 2.84 bits per heavy atom. The molecular formula is C15H20O3S. The van der Waals surface area contributed by atoms with Crippen molar-refractivity contribution in [1.82, 2.24) is 0 Å². The third-order valence-electron chi connectivity index (χ3n) is 2.46. The van der Waals surface area contributed by atoms with Crippen molar-refractivity contribution in [3.63, 3.8) is 0 Å². The van der Waals surface area contributed by atoms with Crippen molar-refractivity contribution < 1.29 is 14.6 Å². The number of thioether (sulfide) groups is 1. The maximum Gasteiger partial charge on any atom is 0.119 e. The molecule has 1 rings (SSSR count). The lowest BCUT2D eigenvalue weighted by atomic mass is 10.1. The molecule has 0 radical (unpaired) electrons. The first-order valence-electron chi connectivity index (χ1n) is 6.15. The van der Waals surface area contributed by atoms with Gasteiger partial charge in [-0.3, -0.25) is 0 Å². The van der Waals surface area contributed by atoms with E-state index in [1.165, 1.54) is 0 Å². The van der Waals surface area contributed by atoms with Crippen LogP contribution in [0.1, 0.15) is 17.5 Å². The highest BCUT2D eigenvalue weighted by Crippen LogP contribution is 2.21. The molecule has 3 nitrogen and oxygen atoms in total. The maximum absolute atomic E-state index is 8.76. The van der Waals surface area contributed by atoms with Crippen molar-refractivity contribution in [2.75, 3.05) is 33.2 Å². The Hall–Kier alpha value is -1.15. The monoisotopic (exact) mass is 280 g/mol. The Morgan fingerprint density at radius 1 is 1.32 bits per heavy atom. The number of hydrogen-bond donors (Lipinski definition) is 1. The van der Waals surface area contributed by atoms with Gasteiger partial charge in [-0.25, -0.2) is 0 Å². The van der Waals surface area contributed by atoms with E-state index >= 15 is 0 Å². The van der Waals surface area contributed by atoms with Gasteiger partial charge < -0.3 is 14.6 Å². The van der Waals surface area contributed by atoms with Gasteiger partial charge >= 0.3 is 0 Å². The first-order chi connectivity index (χ1) is 9.31. The molecule has 19 heavy (non-hydrogen) atoms. The molecule has 0 unspecified atom stereocenters. The summed E-state index contributed by atoms with van der Waals surface area (Å²) in [5.74, 6) is 8.73. The number of rotatable bonds is 7. The summed E-state index contributed by atoms with van der Waals surface area (Å²) in [5, 5.41) is 8.76. The molecule has 0 fully saturated rings. The minimum Gasteiger partial charge on any atom is -0.497 e. The van der Waals surface area contributed by atoms with Gasteiger partial charge in [-0.05, 0) is 23.8 Å². The zero-order valence-electron chi connectivity index (χ0n) is 11.4. The van der Waals surface area contributed by atoms with Gasteiger partial charge in [-0.2, -0.15) is 11.8 Å². The summed E-state index contributed by atoms with van der Waals surface area (Å²) in [4.78, 5) is 0. The van der Waals surface area contributed by atoms with Gasteiger partial charge in [0, 0.05) is 30.6 Å². The number of ether oxygens (including phenoxy) is 2. The second-order valence-corrected chi connectivity index (χ2v) is 4.95. The number of aliphatic hydroxyl groups excluding tert-OH is 1. The van der Waals surface area contributed by atoms with Crippen LogP contribution in [-0.2, 0) is 10.5 Å². The molecule has 0 bridgehead atoms. The SMILES string of the molecule is COCCSCc1cc(OC)ccc1C#CCCO. The summed E-state index contributed by atoms with van der Waals surface area (Å²) >= 11 is 1.81. The summed E-state index contributed by atoms with van der Waals surface area (Å²) in [6.45, 7) is 0.848. The predicted molar refractivity (Wildman–Crippen MR) is 79.6 cm³/mol. The highest BCUT2D eigenvalue weighted by atomic mass is 32.2. The molecule has 0 heterocycles. The molecule has 0 saturated carbocycles. The molecule has 0 spiro atoms. The fraction of sp³-hybridized carbons (Fsp3) is 0.467. The quantitative estimate of drug-likeness (QED) is 0.614. The topological polar surface area (TPSA) is 38.7 Å². The van der Waals surface area contributed by atoms with Gasteiger partial charge in [-0.15, -0.1) is 0 Å². The van der Waals surface area contributed by atoms with E-state index in [4.69, 9.17) is 14.6 Å². The predicted octanol–water partition coefficient (Wildman–Crippen LogP) is 2.31. The molecule has 0 amide bonds. The fourth-order valence-corrected chi connectivity index (χ4v) is 2.36. The summed E-state index contributed by atoms with van der Waals surface area (Å²) in [6, 6.07) is 5.89. The van der Waals surface area contributed by atoms with E-state index < -0.39 is 0 Å². The van der Waals surface area contributed by atoms with Gasteiger partial charge in [0.2, 0.25) is 0 Å². The molecular weight excluding hydrogens is 260 g/mol. The number of hydrogen-bond acceptors (Lipinski definition) is 4. The molecule has 4 heteroatoms. The normalized spacial score (nSPS) is 9.84. The summed E-state index contributed by atoms with van der Waals surface area (Å²) in [7, 11) is 3.37. The summed E-state index contributed by atoms with van der Waals surface area (Å²) < 4.78 is 10.3. The van der Waals surface area contributed by atoms with Crippen LogP contribution in [0.25, 0.3) is 0 Å². The molecule has 1 aromatic carbocycles. The molecule has 0 atom stereocenters. The van der Waals surface area contributed by atoms with E-state index in [9.17, 15) is 0 Å². The minimum atomic E-state index is 0.0983. The second kappa shape index (κ2) is 9.74. The smallest absolute Gasteiger partial charge is 0.119 e. The van der Waals surface area contributed by atoms with E-state index in [0.717, 1.165) is 35.0 Å². The van der Waals surface area contributed by atoms with Crippen LogP contribution >= 0.6 is 11.8 Å². The molecule has 0 aliphatic heterocycles. The number of benzene rings is 1. The third-order valence-corrected chi connectivity index (χ3v) is 3.43. The molecule has 104 valence electrons. The molecule has 0 aliphatic carbocycles. The van der Waals surface area contributed by atoms with E-state index in [1.807, 2.05) is 18.2 Å².